The van der Waals surface area contributed by atoms with Crippen molar-refractivity contribution in [3.05, 3.63) is 45.8 Å². The molecule has 6 heteroatoms. The molecule has 26 heavy (non-hydrogen) atoms. The van der Waals surface area contributed by atoms with E-state index in [1.807, 2.05) is 24.6 Å². The smallest absolute Gasteiger partial charge is 0.191 e. The van der Waals surface area contributed by atoms with Crippen molar-refractivity contribution < 1.29 is 0 Å². The molecule has 2 aromatic rings. The number of hydrogen-bond acceptors (Lipinski definition) is 4. The van der Waals surface area contributed by atoms with Crippen LogP contribution in [0.25, 0.3) is 0 Å². The van der Waals surface area contributed by atoms with Crippen molar-refractivity contribution in [3.63, 3.8) is 0 Å². The van der Waals surface area contributed by atoms with Gasteiger partial charge in [-0.15, -0.1) is 11.3 Å². The van der Waals surface area contributed by atoms with Gasteiger partial charge in [-0.1, -0.05) is 6.92 Å². The lowest BCUT2D eigenvalue weighted by atomic mass is 10.1. The highest BCUT2D eigenvalue weighted by molar-refractivity contribution is 7.11. The Morgan fingerprint density at radius 2 is 1.88 bits per heavy atom. The van der Waals surface area contributed by atoms with Gasteiger partial charge in [0.25, 0.3) is 0 Å². The Hall–Kier alpha value is -2.08. The summed E-state index contributed by atoms with van der Waals surface area (Å²) < 4.78 is 0. The molecular formula is C20H29N5S. The van der Waals surface area contributed by atoms with Crippen LogP contribution in [0.1, 0.15) is 41.5 Å². The van der Waals surface area contributed by atoms with Crippen molar-refractivity contribution in [1.82, 2.24) is 15.6 Å². The van der Waals surface area contributed by atoms with Crippen LogP contribution in [-0.2, 0) is 19.5 Å². The largest absolute Gasteiger partial charge is 0.357 e. The van der Waals surface area contributed by atoms with E-state index in [0.29, 0.717) is 0 Å². The molecule has 5 nitrogen and oxygen atoms in total. The standard InChI is InChI=1S/C20H29N5S/c1-3-17-7-8-18(26-17)15-24-20(21-2)23-14-16-9-10-22-19(13-16)25-11-5-4-6-12-25/h7-10,13H,3-6,11-12,14-15H2,1-2H3,(H2,21,23,24). The zero-order valence-corrected chi connectivity index (χ0v) is 16.6. The fourth-order valence-corrected chi connectivity index (χ4v) is 4.05. The predicted molar refractivity (Wildman–Crippen MR) is 111 cm³/mol. The lowest BCUT2D eigenvalue weighted by Gasteiger charge is -2.28. The van der Waals surface area contributed by atoms with Gasteiger partial charge in [0.05, 0.1) is 6.54 Å². The molecule has 0 radical (unpaired) electrons. The summed E-state index contributed by atoms with van der Waals surface area (Å²) in [5.74, 6) is 1.92. The Bertz CT molecular complexity index is 718. The topological polar surface area (TPSA) is 52.6 Å². The van der Waals surface area contributed by atoms with E-state index in [1.54, 1.807) is 0 Å². The highest BCUT2D eigenvalue weighted by atomic mass is 32.1. The number of anilines is 1. The molecule has 1 saturated heterocycles. The molecule has 0 bridgehead atoms. The number of pyridine rings is 1. The minimum Gasteiger partial charge on any atom is -0.357 e. The average Bonchev–Trinajstić information content (AvgIpc) is 3.17. The molecule has 1 fully saturated rings. The fourth-order valence-electron chi connectivity index (χ4n) is 3.15. The number of rotatable bonds is 6. The van der Waals surface area contributed by atoms with Gasteiger partial charge < -0.3 is 15.5 Å². The first kappa shape index (κ1) is 18.7. The van der Waals surface area contributed by atoms with Crippen molar-refractivity contribution in [1.29, 1.82) is 0 Å². The molecule has 0 atom stereocenters. The van der Waals surface area contributed by atoms with Crippen molar-refractivity contribution in [2.24, 2.45) is 4.99 Å². The first-order valence-corrected chi connectivity index (χ1v) is 10.3. The summed E-state index contributed by atoms with van der Waals surface area (Å²) in [6.45, 7) is 5.98. The molecule has 0 unspecified atom stereocenters. The first-order chi connectivity index (χ1) is 12.8. The Kier molecular flexibility index (Phi) is 6.89. The molecule has 0 aliphatic carbocycles. The Morgan fingerprint density at radius 3 is 2.62 bits per heavy atom. The number of piperidine rings is 1. The molecule has 3 rings (SSSR count). The molecule has 0 saturated carbocycles. The second-order valence-electron chi connectivity index (χ2n) is 6.57. The molecule has 3 heterocycles. The van der Waals surface area contributed by atoms with Crippen LogP contribution < -0.4 is 15.5 Å². The third-order valence-corrected chi connectivity index (χ3v) is 5.90. The predicted octanol–water partition coefficient (Wildman–Crippen LogP) is 3.56. The minimum atomic E-state index is 0.744. The van der Waals surface area contributed by atoms with Gasteiger partial charge in [-0.2, -0.15) is 0 Å². The summed E-state index contributed by atoms with van der Waals surface area (Å²) >= 11 is 1.86. The van der Waals surface area contributed by atoms with E-state index in [-0.39, 0.29) is 0 Å². The van der Waals surface area contributed by atoms with Crippen LogP contribution in [0.4, 0.5) is 5.82 Å². The number of guanidine groups is 1. The maximum atomic E-state index is 4.55. The van der Waals surface area contributed by atoms with Gasteiger partial charge in [-0.3, -0.25) is 4.99 Å². The van der Waals surface area contributed by atoms with E-state index in [2.05, 4.69) is 56.7 Å². The fraction of sp³-hybridized carbons (Fsp3) is 0.500. The summed E-state index contributed by atoms with van der Waals surface area (Å²) in [6, 6.07) is 8.66. The molecule has 0 spiro atoms. The van der Waals surface area contributed by atoms with Gasteiger partial charge in [0.15, 0.2) is 5.96 Å². The number of thiophene rings is 1. The van der Waals surface area contributed by atoms with Gasteiger partial charge >= 0.3 is 0 Å². The van der Waals surface area contributed by atoms with Crippen LogP contribution in [0.2, 0.25) is 0 Å². The molecule has 0 aromatic carbocycles. The van der Waals surface area contributed by atoms with Crippen LogP contribution in [0.3, 0.4) is 0 Å². The lowest BCUT2D eigenvalue weighted by Crippen LogP contribution is -2.36. The van der Waals surface area contributed by atoms with Gasteiger partial charge in [0.2, 0.25) is 0 Å². The van der Waals surface area contributed by atoms with E-state index >= 15 is 0 Å². The Balaban J connectivity index is 1.51. The molecule has 2 aromatic heterocycles. The van der Waals surface area contributed by atoms with E-state index in [1.165, 1.54) is 34.6 Å². The van der Waals surface area contributed by atoms with E-state index in [0.717, 1.165) is 44.4 Å². The van der Waals surface area contributed by atoms with Crippen LogP contribution in [0, 0.1) is 0 Å². The number of aliphatic imine (C=N–C) groups is 1. The van der Waals surface area contributed by atoms with Crippen LogP contribution >= 0.6 is 11.3 Å². The third kappa shape index (κ3) is 5.21. The summed E-state index contributed by atoms with van der Waals surface area (Å²) in [5, 5.41) is 6.80. The summed E-state index contributed by atoms with van der Waals surface area (Å²) in [5.41, 5.74) is 1.23. The van der Waals surface area contributed by atoms with Gasteiger partial charge in [-0.25, -0.2) is 4.98 Å². The number of aryl methyl sites for hydroxylation is 1. The number of nitrogens with zero attached hydrogens (tertiary/aromatic N) is 3. The maximum absolute atomic E-state index is 4.55. The Labute approximate surface area is 160 Å². The van der Waals surface area contributed by atoms with Gasteiger partial charge in [-0.05, 0) is 55.5 Å². The third-order valence-electron chi connectivity index (χ3n) is 4.67. The summed E-state index contributed by atoms with van der Waals surface area (Å²) in [6.07, 6.45) is 6.88. The number of nitrogens with one attached hydrogen (secondary N) is 2. The molecule has 2 N–H and O–H groups in total. The van der Waals surface area contributed by atoms with Gasteiger partial charge in [0, 0.05) is 42.6 Å². The molecule has 1 aliphatic heterocycles. The van der Waals surface area contributed by atoms with Crippen LogP contribution in [-0.4, -0.2) is 31.1 Å². The number of hydrogen-bond donors (Lipinski definition) is 2. The second kappa shape index (κ2) is 9.57. The average molecular weight is 372 g/mol. The molecule has 140 valence electrons. The normalized spacial score (nSPS) is 15.2. The molecular weight excluding hydrogens is 342 g/mol. The number of aromatic nitrogens is 1. The highest BCUT2D eigenvalue weighted by Gasteiger charge is 2.12. The van der Waals surface area contributed by atoms with E-state index < -0.39 is 0 Å². The lowest BCUT2D eigenvalue weighted by molar-refractivity contribution is 0.573. The van der Waals surface area contributed by atoms with Crippen molar-refractivity contribution in [3.8, 4) is 0 Å². The maximum Gasteiger partial charge on any atom is 0.191 e. The van der Waals surface area contributed by atoms with Gasteiger partial charge in [0.1, 0.15) is 5.82 Å². The zero-order chi connectivity index (χ0) is 18.2. The van der Waals surface area contributed by atoms with Crippen LogP contribution in [0.15, 0.2) is 35.5 Å². The zero-order valence-electron chi connectivity index (χ0n) is 15.8. The summed E-state index contributed by atoms with van der Waals surface area (Å²) in [7, 11) is 1.81. The van der Waals surface area contributed by atoms with Crippen molar-refractivity contribution in [2.45, 2.75) is 45.7 Å². The van der Waals surface area contributed by atoms with E-state index in [4.69, 9.17) is 0 Å². The second-order valence-corrected chi connectivity index (χ2v) is 7.82. The van der Waals surface area contributed by atoms with Crippen molar-refractivity contribution in [2.75, 3.05) is 25.0 Å². The summed E-state index contributed by atoms with van der Waals surface area (Å²) in [4.78, 5) is 14.0. The molecule has 0 amide bonds. The minimum absolute atomic E-state index is 0.744. The monoisotopic (exact) mass is 371 g/mol. The Morgan fingerprint density at radius 1 is 1.12 bits per heavy atom. The van der Waals surface area contributed by atoms with Crippen LogP contribution in [0.5, 0.6) is 0 Å². The van der Waals surface area contributed by atoms with Crippen molar-refractivity contribution >= 4 is 23.1 Å². The molecule has 1 aliphatic rings. The van der Waals surface area contributed by atoms with E-state index in [9.17, 15) is 0 Å². The first-order valence-electron chi connectivity index (χ1n) is 9.50. The highest BCUT2D eigenvalue weighted by Crippen LogP contribution is 2.18. The SMILES string of the molecule is CCc1ccc(CNC(=NC)NCc2ccnc(N3CCCCC3)c2)s1. The quantitative estimate of drug-likeness (QED) is 0.602.